The number of aromatic nitrogens is 1. The van der Waals surface area contributed by atoms with E-state index in [-0.39, 0.29) is 0 Å². The van der Waals surface area contributed by atoms with Crippen LogP contribution in [0, 0.1) is 55.4 Å². The predicted molar refractivity (Wildman–Crippen MR) is 91.0 cm³/mol. The molecule has 0 unspecified atom stereocenters. The Morgan fingerprint density at radius 2 is 1.19 bits per heavy atom. The first-order valence-corrected chi connectivity index (χ1v) is 7.72. The van der Waals surface area contributed by atoms with Crippen molar-refractivity contribution in [2.24, 2.45) is 7.05 Å². The fraction of sp³-hybridized carbons (Fsp3) is 0.450. The number of pyridine rings is 1. The molecule has 0 N–H and O–H groups in total. The van der Waals surface area contributed by atoms with E-state index in [1.54, 1.807) is 0 Å². The minimum Gasteiger partial charge on any atom is -0.198 e. The maximum atomic E-state index is 2.36. The molecule has 0 radical (unpaired) electrons. The zero-order chi connectivity index (χ0) is 16.1. The molecule has 0 fully saturated rings. The van der Waals surface area contributed by atoms with E-state index in [1.807, 2.05) is 0 Å². The van der Waals surface area contributed by atoms with Gasteiger partial charge in [0.2, 0.25) is 5.69 Å². The Bertz CT molecular complexity index is 707. The van der Waals surface area contributed by atoms with E-state index in [4.69, 9.17) is 0 Å². The Kier molecular flexibility index (Phi) is 3.97. The number of nitrogens with zero attached hydrogens (tertiary/aromatic N) is 1. The van der Waals surface area contributed by atoms with Crippen molar-refractivity contribution in [3.8, 4) is 11.3 Å². The van der Waals surface area contributed by atoms with E-state index in [0.29, 0.717) is 0 Å². The average Bonchev–Trinajstić information content (AvgIpc) is 2.44. The van der Waals surface area contributed by atoms with Gasteiger partial charge in [0.25, 0.3) is 0 Å². The molecule has 2 rings (SSSR count). The van der Waals surface area contributed by atoms with Crippen LogP contribution in [0.2, 0.25) is 0 Å². The number of benzene rings is 1. The second-order valence-corrected chi connectivity index (χ2v) is 6.50. The van der Waals surface area contributed by atoms with Crippen molar-refractivity contribution in [2.75, 3.05) is 0 Å². The van der Waals surface area contributed by atoms with E-state index < -0.39 is 0 Å². The van der Waals surface area contributed by atoms with E-state index >= 15 is 0 Å². The summed E-state index contributed by atoms with van der Waals surface area (Å²) in [6, 6.07) is 2.32. The van der Waals surface area contributed by atoms with E-state index in [1.165, 1.54) is 55.9 Å². The van der Waals surface area contributed by atoms with Crippen molar-refractivity contribution in [1.29, 1.82) is 0 Å². The zero-order valence-electron chi connectivity index (χ0n) is 15.0. The van der Waals surface area contributed by atoms with Crippen molar-refractivity contribution < 1.29 is 4.57 Å². The third-order valence-electron chi connectivity index (χ3n) is 5.45. The molecule has 0 spiro atoms. The van der Waals surface area contributed by atoms with Gasteiger partial charge in [0, 0.05) is 18.1 Å². The van der Waals surface area contributed by atoms with Crippen LogP contribution in [0.15, 0.2) is 6.07 Å². The van der Waals surface area contributed by atoms with Crippen molar-refractivity contribution in [1.82, 2.24) is 0 Å². The largest absolute Gasteiger partial charge is 0.216 e. The van der Waals surface area contributed by atoms with Crippen LogP contribution < -0.4 is 4.57 Å². The highest BCUT2D eigenvalue weighted by molar-refractivity contribution is 5.71. The van der Waals surface area contributed by atoms with Gasteiger partial charge < -0.3 is 0 Å². The summed E-state index contributed by atoms with van der Waals surface area (Å²) in [4.78, 5) is 0. The molecule has 0 amide bonds. The summed E-state index contributed by atoms with van der Waals surface area (Å²) in [5, 5.41) is 0. The van der Waals surface area contributed by atoms with Gasteiger partial charge >= 0.3 is 0 Å². The SMILES string of the molecule is Cc1cc(C)c(-c2c(C)c(C)c(C)c(C)[n+]2C)c(C)c1C. The smallest absolute Gasteiger partial charge is 0.198 e. The number of aryl methyl sites for hydroxylation is 2. The Hall–Kier alpha value is -1.63. The first-order valence-electron chi connectivity index (χ1n) is 7.72. The van der Waals surface area contributed by atoms with Gasteiger partial charge in [0.1, 0.15) is 7.05 Å². The van der Waals surface area contributed by atoms with E-state index in [0.717, 1.165) is 0 Å². The lowest BCUT2D eigenvalue weighted by atomic mass is 9.88. The summed E-state index contributed by atoms with van der Waals surface area (Å²) < 4.78 is 2.36. The second kappa shape index (κ2) is 5.29. The Balaban J connectivity index is 2.96. The Morgan fingerprint density at radius 3 is 1.76 bits per heavy atom. The molecule has 1 heterocycles. The molecule has 0 bridgehead atoms. The highest BCUT2D eigenvalue weighted by Gasteiger charge is 2.24. The number of hydrogen-bond donors (Lipinski definition) is 0. The first kappa shape index (κ1) is 15.8. The number of rotatable bonds is 1. The summed E-state index contributed by atoms with van der Waals surface area (Å²) in [5.41, 5.74) is 13.9. The topological polar surface area (TPSA) is 3.88 Å². The molecule has 2 aromatic rings. The molecule has 0 aliphatic rings. The standard InChI is InChI=1S/C20H28N/c1-11-10-12(2)19(16(6)13(11)3)20-17(7)14(4)15(5)18(8)21(20)9/h10H,1-9H3/q+1. The van der Waals surface area contributed by atoms with Gasteiger partial charge in [-0.1, -0.05) is 6.07 Å². The molecule has 112 valence electrons. The minimum absolute atomic E-state index is 1.35. The maximum absolute atomic E-state index is 2.36. The predicted octanol–water partition coefficient (Wildman–Crippen LogP) is 4.65. The lowest BCUT2D eigenvalue weighted by Crippen LogP contribution is -2.37. The van der Waals surface area contributed by atoms with Gasteiger partial charge in [-0.05, 0) is 76.3 Å². The Labute approximate surface area is 129 Å². The van der Waals surface area contributed by atoms with Crippen molar-refractivity contribution >= 4 is 0 Å². The van der Waals surface area contributed by atoms with E-state index in [9.17, 15) is 0 Å². The van der Waals surface area contributed by atoms with Gasteiger partial charge in [0.15, 0.2) is 5.69 Å². The van der Waals surface area contributed by atoms with Crippen molar-refractivity contribution in [3.05, 3.63) is 50.7 Å². The quantitative estimate of drug-likeness (QED) is 0.671. The molecule has 0 saturated heterocycles. The molecule has 1 aromatic heterocycles. The fourth-order valence-electron chi connectivity index (χ4n) is 3.40. The lowest BCUT2D eigenvalue weighted by Gasteiger charge is -2.18. The van der Waals surface area contributed by atoms with Crippen molar-refractivity contribution in [3.63, 3.8) is 0 Å². The normalized spacial score (nSPS) is 11.1. The molecule has 1 heteroatoms. The van der Waals surface area contributed by atoms with Crippen LogP contribution in [0.5, 0.6) is 0 Å². The maximum Gasteiger partial charge on any atom is 0.216 e. The zero-order valence-corrected chi connectivity index (χ0v) is 15.0. The van der Waals surface area contributed by atoms with Crippen LogP contribution in [0.3, 0.4) is 0 Å². The molecule has 21 heavy (non-hydrogen) atoms. The highest BCUT2D eigenvalue weighted by atomic mass is 14.9. The van der Waals surface area contributed by atoms with Crippen LogP contribution in [-0.2, 0) is 7.05 Å². The summed E-state index contributed by atoms with van der Waals surface area (Å²) in [5.74, 6) is 0. The highest BCUT2D eigenvalue weighted by Crippen LogP contribution is 2.33. The van der Waals surface area contributed by atoms with Gasteiger partial charge in [-0.15, -0.1) is 0 Å². The lowest BCUT2D eigenvalue weighted by molar-refractivity contribution is -0.667. The summed E-state index contributed by atoms with van der Waals surface area (Å²) in [7, 11) is 2.19. The van der Waals surface area contributed by atoms with Crippen LogP contribution in [0.1, 0.15) is 44.6 Å². The molecule has 0 saturated carbocycles. The molecule has 0 atom stereocenters. The summed E-state index contributed by atoms with van der Waals surface area (Å²) >= 11 is 0. The third kappa shape index (κ3) is 2.29. The molecular weight excluding hydrogens is 254 g/mol. The molecular formula is C20H28N+. The average molecular weight is 282 g/mol. The minimum atomic E-state index is 1.35. The van der Waals surface area contributed by atoms with Gasteiger partial charge in [0.05, 0.1) is 5.56 Å². The molecule has 0 aliphatic carbocycles. The molecule has 1 nitrogen and oxygen atoms in total. The summed E-state index contributed by atoms with van der Waals surface area (Å²) in [6.45, 7) is 17.9. The molecule has 0 aliphatic heterocycles. The third-order valence-corrected chi connectivity index (χ3v) is 5.45. The number of hydrogen-bond acceptors (Lipinski definition) is 0. The Morgan fingerprint density at radius 1 is 0.619 bits per heavy atom. The van der Waals surface area contributed by atoms with Crippen LogP contribution in [-0.4, -0.2) is 0 Å². The summed E-state index contributed by atoms with van der Waals surface area (Å²) in [6.07, 6.45) is 0. The van der Waals surface area contributed by atoms with Gasteiger partial charge in [-0.25, -0.2) is 0 Å². The first-order chi connectivity index (χ1) is 9.68. The molecule has 1 aromatic carbocycles. The van der Waals surface area contributed by atoms with Crippen molar-refractivity contribution in [2.45, 2.75) is 55.4 Å². The second-order valence-electron chi connectivity index (χ2n) is 6.50. The monoisotopic (exact) mass is 282 g/mol. The van der Waals surface area contributed by atoms with Gasteiger partial charge in [-0.3, -0.25) is 0 Å². The van der Waals surface area contributed by atoms with E-state index in [2.05, 4.69) is 73.1 Å². The van der Waals surface area contributed by atoms with Crippen LogP contribution in [0.25, 0.3) is 11.3 Å². The van der Waals surface area contributed by atoms with Crippen LogP contribution >= 0.6 is 0 Å². The van der Waals surface area contributed by atoms with Gasteiger partial charge in [-0.2, -0.15) is 4.57 Å². The fourth-order valence-corrected chi connectivity index (χ4v) is 3.40. The van der Waals surface area contributed by atoms with Crippen LogP contribution in [0.4, 0.5) is 0 Å².